The molecule has 0 amide bonds. The number of fused-ring (bicyclic) bond motifs is 1. The predicted octanol–water partition coefficient (Wildman–Crippen LogP) is 2.07. The zero-order valence-electron chi connectivity index (χ0n) is 12.6. The van der Waals surface area contributed by atoms with Gasteiger partial charge in [-0.2, -0.15) is 0 Å². The number of H-pyrrole nitrogens is 1. The molecule has 0 spiro atoms. The molecule has 0 aromatic carbocycles. The minimum atomic E-state index is 0.719. The third kappa shape index (κ3) is 1.97. The Kier molecular flexibility index (Phi) is 3.07. The number of aryl methyl sites for hydroxylation is 2. The van der Waals surface area contributed by atoms with Crippen LogP contribution < -0.4 is 4.90 Å². The summed E-state index contributed by atoms with van der Waals surface area (Å²) in [6.07, 6.45) is 3.55. The average molecular weight is 299 g/mol. The summed E-state index contributed by atoms with van der Waals surface area (Å²) >= 11 is 0. The first kappa shape index (κ1) is 13.3. The number of morpholine rings is 1. The number of aromatic amines is 1. The predicted molar refractivity (Wildman–Crippen MR) is 81.9 cm³/mol. The van der Waals surface area contributed by atoms with Crippen LogP contribution in [0.5, 0.6) is 0 Å². The molecule has 7 nitrogen and oxygen atoms in total. The van der Waals surface area contributed by atoms with Gasteiger partial charge in [-0.25, -0.2) is 9.97 Å². The minimum Gasteiger partial charge on any atom is -0.378 e. The number of nitrogens with zero attached hydrogens (tertiary/aromatic N) is 4. The van der Waals surface area contributed by atoms with Crippen molar-refractivity contribution in [2.45, 2.75) is 13.8 Å². The quantitative estimate of drug-likeness (QED) is 0.780. The van der Waals surface area contributed by atoms with Gasteiger partial charge < -0.3 is 19.1 Å². The van der Waals surface area contributed by atoms with Crippen molar-refractivity contribution in [1.82, 2.24) is 20.1 Å². The second-order valence-electron chi connectivity index (χ2n) is 5.42. The Hall–Kier alpha value is -2.41. The van der Waals surface area contributed by atoms with E-state index >= 15 is 0 Å². The van der Waals surface area contributed by atoms with Crippen molar-refractivity contribution in [3.05, 3.63) is 24.0 Å². The second-order valence-corrected chi connectivity index (χ2v) is 5.42. The van der Waals surface area contributed by atoms with Crippen molar-refractivity contribution >= 4 is 16.9 Å². The van der Waals surface area contributed by atoms with Gasteiger partial charge in [-0.1, -0.05) is 5.16 Å². The summed E-state index contributed by atoms with van der Waals surface area (Å²) in [4.78, 5) is 14.3. The largest absolute Gasteiger partial charge is 0.378 e. The van der Waals surface area contributed by atoms with E-state index in [0.29, 0.717) is 0 Å². The molecule has 4 heterocycles. The summed E-state index contributed by atoms with van der Waals surface area (Å²) < 4.78 is 10.8. The number of anilines is 1. The maximum atomic E-state index is 5.44. The molecule has 1 aliphatic heterocycles. The molecule has 0 atom stereocenters. The SMILES string of the molecule is Cc1noc(C)c1-c1c[nH]c2ncnc(N3CCOCC3)c12. The number of hydrogen-bond acceptors (Lipinski definition) is 6. The van der Waals surface area contributed by atoms with Crippen LogP contribution in [0, 0.1) is 13.8 Å². The second kappa shape index (κ2) is 5.10. The van der Waals surface area contributed by atoms with E-state index in [-0.39, 0.29) is 0 Å². The highest BCUT2D eigenvalue weighted by Gasteiger charge is 2.22. The monoisotopic (exact) mass is 299 g/mol. The molecular formula is C15H17N5O2. The molecule has 0 saturated carbocycles. The average Bonchev–Trinajstić information content (AvgIpc) is 3.11. The first-order valence-corrected chi connectivity index (χ1v) is 7.33. The van der Waals surface area contributed by atoms with Crippen LogP contribution in [0.3, 0.4) is 0 Å². The summed E-state index contributed by atoms with van der Waals surface area (Å²) in [7, 11) is 0. The van der Waals surface area contributed by atoms with E-state index in [4.69, 9.17) is 9.26 Å². The van der Waals surface area contributed by atoms with E-state index in [2.05, 4.69) is 25.0 Å². The molecule has 1 aliphatic rings. The molecule has 3 aromatic heterocycles. The van der Waals surface area contributed by atoms with Gasteiger partial charge in [0.25, 0.3) is 0 Å². The molecule has 7 heteroatoms. The van der Waals surface area contributed by atoms with Gasteiger partial charge in [0.15, 0.2) is 0 Å². The molecule has 114 valence electrons. The van der Waals surface area contributed by atoms with E-state index in [1.165, 1.54) is 0 Å². The molecule has 3 aromatic rings. The molecule has 0 radical (unpaired) electrons. The number of nitrogens with one attached hydrogen (secondary N) is 1. The van der Waals surface area contributed by atoms with Gasteiger partial charge in [0, 0.05) is 30.4 Å². The fourth-order valence-electron chi connectivity index (χ4n) is 3.03. The van der Waals surface area contributed by atoms with Gasteiger partial charge in [-0.3, -0.25) is 0 Å². The summed E-state index contributed by atoms with van der Waals surface area (Å²) in [5.74, 6) is 1.74. The van der Waals surface area contributed by atoms with Crippen LogP contribution in [0.25, 0.3) is 22.2 Å². The fraction of sp³-hybridized carbons (Fsp3) is 0.400. The molecule has 1 N–H and O–H groups in total. The van der Waals surface area contributed by atoms with Gasteiger partial charge in [0.1, 0.15) is 23.6 Å². The highest BCUT2D eigenvalue weighted by molar-refractivity contribution is 6.01. The van der Waals surface area contributed by atoms with Crippen LogP contribution in [-0.2, 0) is 4.74 Å². The lowest BCUT2D eigenvalue weighted by atomic mass is 10.0. The minimum absolute atomic E-state index is 0.719. The zero-order chi connectivity index (χ0) is 15.1. The molecule has 22 heavy (non-hydrogen) atoms. The molecule has 4 rings (SSSR count). The standard InChI is InChI=1S/C15H17N5O2/c1-9-12(10(2)22-19-9)11-7-16-14-13(11)15(18-8-17-14)20-3-5-21-6-4-20/h7-8H,3-6H2,1-2H3,(H,16,17,18). The Morgan fingerprint density at radius 2 is 2.00 bits per heavy atom. The van der Waals surface area contributed by atoms with Crippen molar-refractivity contribution in [2.24, 2.45) is 0 Å². The highest BCUT2D eigenvalue weighted by Crippen LogP contribution is 2.36. The molecule has 0 bridgehead atoms. The van der Waals surface area contributed by atoms with Crippen LogP contribution in [0.2, 0.25) is 0 Å². The van der Waals surface area contributed by atoms with Crippen LogP contribution in [0.1, 0.15) is 11.5 Å². The van der Waals surface area contributed by atoms with Crippen molar-refractivity contribution in [3.8, 4) is 11.1 Å². The molecule has 1 saturated heterocycles. The first-order valence-electron chi connectivity index (χ1n) is 7.33. The Balaban J connectivity index is 1.93. The summed E-state index contributed by atoms with van der Waals surface area (Å²) in [5.41, 5.74) is 3.74. The summed E-state index contributed by atoms with van der Waals surface area (Å²) in [5, 5.41) is 5.07. The van der Waals surface area contributed by atoms with Crippen LogP contribution >= 0.6 is 0 Å². The normalized spacial score (nSPS) is 15.6. The van der Waals surface area contributed by atoms with Crippen molar-refractivity contribution in [3.63, 3.8) is 0 Å². The number of hydrogen-bond donors (Lipinski definition) is 1. The Morgan fingerprint density at radius 3 is 2.73 bits per heavy atom. The topological polar surface area (TPSA) is 80.1 Å². The van der Waals surface area contributed by atoms with E-state index in [0.717, 1.165) is 65.7 Å². The lowest BCUT2D eigenvalue weighted by Crippen LogP contribution is -2.36. The zero-order valence-corrected chi connectivity index (χ0v) is 12.6. The Labute approximate surface area is 127 Å². The van der Waals surface area contributed by atoms with Gasteiger partial charge in [-0.15, -0.1) is 0 Å². The third-order valence-corrected chi connectivity index (χ3v) is 4.06. The molecular weight excluding hydrogens is 282 g/mol. The van der Waals surface area contributed by atoms with Crippen molar-refractivity contribution in [1.29, 1.82) is 0 Å². The maximum Gasteiger partial charge on any atom is 0.143 e. The first-order chi connectivity index (χ1) is 10.8. The van der Waals surface area contributed by atoms with Crippen LogP contribution in [0.4, 0.5) is 5.82 Å². The highest BCUT2D eigenvalue weighted by atomic mass is 16.5. The van der Waals surface area contributed by atoms with Gasteiger partial charge in [-0.05, 0) is 13.8 Å². The van der Waals surface area contributed by atoms with E-state index in [9.17, 15) is 0 Å². The lowest BCUT2D eigenvalue weighted by molar-refractivity contribution is 0.122. The Morgan fingerprint density at radius 1 is 1.18 bits per heavy atom. The maximum absolute atomic E-state index is 5.44. The van der Waals surface area contributed by atoms with Crippen molar-refractivity contribution in [2.75, 3.05) is 31.2 Å². The van der Waals surface area contributed by atoms with Crippen LogP contribution in [0.15, 0.2) is 17.0 Å². The number of ether oxygens (including phenoxy) is 1. The fourth-order valence-corrected chi connectivity index (χ4v) is 3.03. The van der Waals surface area contributed by atoms with E-state index in [1.54, 1.807) is 6.33 Å². The van der Waals surface area contributed by atoms with Crippen LogP contribution in [-0.4, -0.2) is 46.4 Å². The Bertz CT molecular complexity index is 797. The van der Waals surface area contributed by atoms with Gasteiger partial charge in [0.05, 0.1) is 24.3 Å². The summed E-state index contributed by atoms with van der Waals surface area (Å²) in [6, 6.07) is 0. The molecule has 0 aliphatic carbocycles. The van der Waals surface area contributed by atoms with Gasteiger partial charge in [0.2, 0.25) is 0 Å². The third-order valence-electron chi connectivity index (χ3n) is 4.06. The van der Waals surface area contributed by atoms with Crippen molar-refractivity contribution < 1.29 is 9.26 Å². The van der Waals surface area contributed by atoms with E-state index < -0.39 is 0 Å². The molecule has 0 unspecified atom stereocenters. The number of rotatable bonds is 2. The number of aromatic nitrogens is 4. The van der Waals surface area contributed by atoms with Gasteiger partial charge >= 0.3 is 0 Å². The lowest BCUT2D eigenvalue weighted by Gasteiger charge is -2.28. The summed E-state index contributed by atoms with van der Waals surface area (Å²) in [6.45, 7) is 6.97. The molecule has 1 fully saturated rings. The smallest absolute Gasteiger partial charge is 0.143 e. The van der Waals surface area contributed by atoms with E-state index in [1.807, 2.05) is 20.0 Å².